The van der Waals surface area contributed by atoms with Crippen LogP contribution in [0.4, 0.5) is 13.2 Å². The molecule has 7 nitrogen and oxygen atoms in total. The van der Waals surface area contributed by atoms with E-state index in [-0.39, 0.29) is 11.4 Å². The monoisotopic (exact) mass is 502 g/mol. The number of alkyl halides is 3. The van der Waals surface area contributed by atoms with Crippen molar-refractivity contribution in [1.29, 1.82) is 0 Å². The average molecular weight is 503 g/mol. The third kappa shape index (κ3) is 5.85. The number of carbonyl (C=O) groups is 1. The van der Waals surface area contributed by atoms with Crippen LogP contribution in [-0.2, 0) is 10.1 Å². The first kappa shape index (κ1) is 24.6. The van der Waals surface area contributed by atoms with Gasteiger partial charge in [0.25, 0.3) is 0 Å². The normalized spacial score (nSPS) is 12.1. The number of carboxylic acid groups (broad SMARTS) is 1. The molecule has 12 heteroatoms. The van der Waals surface area contributed by atoms with Gasteiger partial charge in [-0.15, -0.1) is 0 Å². The van der Waals surface area contributed by atoms with E-state index in [0.29, 0.717) is 27.5 Å². The van der Waals surface area contributed by atoms with Crippen molar-refractivity contribution in [2.45, 2.75) is 26.4 Å². The van der Waals surface area contributed by atoms with E-state index in [4.69, 9.17) is 15.8 Å². The fourth-order valence-electron chi connectivity index (χ4n) is 3.17. The molecule has 3 aromatic rings. The Morgan fingerprint density at radius 2 is 1.79 bits per heavy atom. The molecular weight excluding hydrogens is 485 g/mol. The van der Waals surface area contributed by atoms with Crippen LogP contribution in [0.2, 0.25) is 5.02 Å². The Bertz CT molecular complexity index is 1300. The van der Waals surface area contributed by atoms with Gasteiger partial charge in [-0.1, -0.05) is 11.6 Å². The quantitative estimate of drug-likeness (QED) is 0.448. The van der Waals surface area contributed by atoms with Crippen LogP contribution in [0, 0.1) is 13.8 Å². The van der Waals surface area contributed by atoms with Crippen molar-refractivity contribution >= 4 is 27.7 Å². The van der Waals surface area contributed by atoms with Crippen molar-refractivity contribution in [2.24, 2.45) is 0 Å². The number of hydrogen-bond donors (Lipinski definition) is 1. The third-order valence-electron chi connectivity index (χ3n) is 4.70. The SMILES string of the molecule is Cc1cc(Cl)ccc1-n1nc(C(=O)O)c(C)c1-c1ccc(OS(=O)(=O)CCC(F)(F)F)cc1. The number of aromatic carboxylic acids is 1. The van der Waals surface area contributed by atoms with Gasteiger partial charge < -0.3 is 9.29 Å². The van der Waals surface area contributed by atoms with E-state index >= 15 is 0 Å². The van der Waals surface area contributed by atoms with Gasteiger partial charge >= 0.3 is 22.3 Å². The minimum absolute atomic E-state index is 0.172. The first-order valence-electron chi connectivity index (χ1n) is 9.46. The summed E-state index contributed by atoms with van der Waals surface area (Å²) < 4.78 is 66.8. The zero-order valence-electron chi connectivity index (χ0n) is 17.4. The topological polar surface area (TPSA) is 98.5 Å². The molecule has 2 aromatic carbocycles. The van der Waals surface area contributed by atoms with E-state index in [0.717, 1.165) is 5.56 Å². The van der Waals surface area contributed by atoms with Crippen LogP contribution in [0.3, 0.4) is 0 Å². The van der Waals surface area contributed by atoms with Crippen LogP contribution in [0.1, 0.15) is 28.0 Å². The van der Waals surface area contributed by atoms with E-state index in [1.165, 1.54) is 28.9 Å². The maximum absolute atomic E-state index is 12.3. The Morgan fingerprint density at radius 1 is 1.15 bits per heavy atom. The summed E-state index contributed by atoms with van der Waals surface area (Å²) in [6, 6.07) is 10.5. The molecule has 0 spiro atoms. The van der Waals surface area contributed by atoms with Crippen LogP contribution >= 0.6 is 11.6 Å². The summed E-state index contributed by atoms with van der Waals surface area (Å²) in [4.78, 5) is 11.7. The molecule has 0 aliphatic heterocycles. The van der Waals surface area contributed by atoms with Gasteiger partial charge in [-0.05, 0) is 61.9 Å². The van der Waals surface area contributed by atoms with Crippen LogP contribution in [0.15, 0.2) is 42.5 Å². The molecule has 0 unspecified atom stereocenters. The zero-order chi connectivity index (χ0) is 24.6. The Balaban J connectivity index is 1.99. The number of nitrogens with zero attached hydrogens (tertiary/aromatic N) is 2. The fourth-order valence-corrected chi connectivity index (χ4v) is 4.36. The Kier molecular flexibility index (Phi) is 6.75. The molecule has 0 atom stereocenters. The first-order valence-corrected chi connectivity index (χ1v) is 11.4. The van der Waals surface area contributed by atoms with Gasteiger partial charge in [0.2, 0.25) is 0 Å². The smallest absolute Gasteiger partial charge is 0.390 e. The van der Waals surface area contributed by atoms with Crippen molar-refractivity contribution in [3.05, 3.63) is 64.3 Å². The highest BCUT2D eigenvalue weighted by molar-refractivity contribution is 7.87. The predicted molar refractivity (Wildman–Crippen MR) is 116 cm³/mol. The molecule has 0 amide bonds. The van der Waals surface area contributed by atoms with Gasteiger partial charge in [-0.25, -0.2) is 9.48 Å². The van der Waals surface area contributed by atoms with E-state index < -0.39 is 34.4 Å². The Labute approximate surface area is 192 Å². The molecule has 0 fully saturated rings. The highest BCUT2D eigenvalue weighted by Gasteiger charge is 2.30. The average Bonchev–Trinajstić information content (AvgIpc) is 3.04. The lowest BCUT2D eigenvalue weighted by atomic mass is 10.1. The number of aromatic nitrogens is 2. The molecular formula is C21H18ClF3N2O5S. The lowest BCUT2D eigenvalue weighted by molar-refractivity contribution is -0.130. The van der Waals surface area contributed by atoms with Gasteiger partial charge in [0.15, 0.2) is 5.69 Å². The fraction of sp³-hybridized carbons (Fsp3) is 0.238. The maximum Gasteiger partial charge on any atom is 0.390 e. The molecule has 0 radical (unpaired) electrons. The Hall–Kier alpha value is -3.05. The summed E-state index contributed by atoms with van der Waals surface area (Å²) in [5, 5.41) is 14.2. The summed E-state index contributed by atoms with van der Waals surface area (Å²) in [6.07, 6.45) is -6.15. The number of hydrogen-bond acceptors (Lipinski definition) is 5. The van der Waals surface area contributed by atoms with Crippen LogP contribution < -0.4 is 4.18 Å². The Morgan fingerprint density at radius 3 is 2.33 bits per heavy atom. The zero-order valence-corrected chi connectivity index (χ0v) is 18.9. The van der Waals surface area contributed by atoms with Crippen molar-refractivity contribution in [1.82, 2.24) is 9.78 Å². The van der Waals surface area contributed by atoms with E-state index in [9.17, 15) is 31.5 Å². The summed E-state index contributed by atoms with van der Waals surface area (Å²) in [5.41, 5.74) is 2.43. The van der Waals surface area contributed by atoms with Gasteiger partial charge in [0, 0.05) is 16.1 Å². The summed E-state index contributed by atoms with van der Waals surface area (Å²) in [7, 11) is -4.45. The van der Waals surface area contributed by atoms with E-state index in [1.807, 2.05) is 0 Å². The van der Waals surface area contributed by atoms with Crippen LogP contribution in [-0.4, -0.2) is 41.2 Å². The maximum atomic E-state index is 12.3. The molecule has 3 rings (SSSR count). The van der Waals surface area contributed by atoms with Gasteiger partial charge in [0.05, 0.1) is 23.6 Å². The van der Waals surface area contributed by atoms with Crippen LogP contribution in [0.5, 0.6) is 5.75 Å². The number of carboxylic acids is 1. The van der Waals surface area contributed by atoms with Crippen LogP contribution in [0.25, 0.3) is 16.9 Å². The second kappa shape index (κ2) is 9.06. The van der Waals surface area contributed by atoms with Gasteiger partial charge in [-0.3, -0.25) is 0 Å². The molecule has 1 heterocycles. The lowest BCUT2D eigenvalue weighted by Crippen LogP contribution is -2.20. The molecule has 33 heavy (non-hydrogen) atoms. The van der Waals surface area contributed by atoms with Crippen molar-refractivity contribution in [3.63, 3.8) is 0 Å². The summed E-state index contributed by atoms with van der Waals surface area (Å²) in [6.45, 7) is 3.37. The number of benzene rings is 2. The molecule has 0 aliphatic carbocycles. The molecule has 0 saturated heterocycles. The number of rotatable bonds is 7. The third-order valence-corrected chi connectivity index (χ3v) is 6.08. The largest absolute Gasteiger partial charge is 0.476 e. The van der Waals surface area contributed by atoms with Gasteiger partial charge in [-0.2, -0.15) is 26.7 Å². The number of aryl methyl sites for hydroxylation is 1. The van der Waals surface area contributed by atoms with Crippen molar-refractivity contribution in [3.8, 4) is 22.7 Å². The molecule has 0 bridgehead atoms. The minimum Gasteiger partial charge on any atom is -0.476 e. The van der Waals surface area contributed by atoms with E-state index in [2.05, 4.69) is 5.10 Å². The standard InChI is InChI=1S/C21H18ClF3N2O5S/c1-12-11-15(22)5-8-17(12)27-19(13(2)18(26-27)20(28)29)14-3-6-16(7-4-14)32-33(30,31)10-9-21(23,24)25/h3-8,11H,9-10H2,1-2H3,(H,28,29). The van der Waals surface area contributed by atoms with Crippen molar-refractivity contribution in [2.75, 3.05) is 5.75 Å². The molecule has 0 aliphatic rings. The first-order chi connectivity index (χ1) is 15.3. The highest BCUT2D eigenvalue weighted by atomic mass is 35.5. The number of halogens is 4. The van der Waals surface area contributed by atoms with Crippen molar-refractivity contribution < 1.29 is 35.7 Å². The molecule has 1 N–H and O–H groups in total. The lowest BCUT2D eigenvalue weighted by Gasteiger charge is -2.13. The summed E-state index contributed by atoms with van der Waals surface area (Å²) >= 11 is 6.02. The molecule has 1 aromatic heterocycles. The summed E-state index contributed by atoms with van der Waals surface area (Å²) in [5.74, 6) is -2.61. The second-order valence-corrected chi connectivity index (χ2v) is 9.33. The second-order valence-electron chi connectivity index (χ2n) is 7.20. The molecule has 0 saturated carbocycles. The highest BCUT2D eigenvalue weighted by Crippen LogP contribution is 2.32. The predicted octanol–water partition coefficient (Wildman–Crippen LogP) is 5.17. The molecule has 176 valence electrons. The van der Waals surface area contributed by atoms with Gasteiger partial charge in [0.1, 0.15) is 5.75 Å². The minimum atomic E-state index is -4.63. The van der Waals surface area contributed by atoms with E-state index in [1.54, 1.807) is 32.0 Å².